The van der Waals surface area contributed by atoms with Gasteiger partial charge >= 0.3 is 6.09 Å². The van der Waals surface area contributed by atoms with Crippen LogP contribution in [0.25, 0.3) is 11.0 Å². The molecule has 2 heterocycles. The number of piperazine rings is 1. The third kappa shape index (κ3) is 3.58. The van der Waals surface area contributed by atoms with Crippen molar-refractivity contribution in [1.29, 1.82) is 0 Å². The number of hydrogen-bond donors (Lipinski definition) is 0. The highest BCUT2D eigenvalue weighted by atomic mass is 16.6. The van der Waals surface area contributed by atoms with Crippen LogP contribution in [0.2, 0.25) is 0 Å². The Morgan fingerprint density at radius 3 is 2.58 bits per heavy atom. The van der Waals surface area contributed by atoms with Crippen molar-refractivity contribution in [2.45, 2.75) is 39.3 Å². The van der Waals surface area contributed by atoms with Gasteiger partial charge in [-0.3, -0.25) is 4.98 Å². The fourth-order valence-electron chi connectivity index (χ4n) is 2.86. The van der Waals surface area contributed by atoms with E-state index < -0.39 is 5.60 Å². The maximum absolute atomic E-state index is 12.3. The molecule has 1 aliphatic rings. The van der Waals surface area contributed by atoms with Gasteiger partial charge in [0.15, 0.2) is 0 Å². The zero-order chi connectivity index (χ0) is 17.3. The minimum absolute atomic E-state index is 0.0573. The van der Waals surface area contributed by atoms with E-state index in [9.17, 15) is 4.79 Å². The Kier molecular flexibility index (Phi) is 4.30. The van der Waals surface area contributed by atoms with Crippen LogP contribution >= 0.6 is 0 Å². The molecule has 0 bridgehead atoms. The zero-order valence-corrected chi connectivity index (χ0v) is 14.7. The van der Waals surface area contributed by atoms with Crippen LogP contribution < -0.4 is 4.90 Å². The summed E-state index contributed by atoms with van der Waals surface area (Å²) in [6, 6.07) is 7.89. The molecule has 128 valence electrons. The summed E-state index contributed by atoms with van der Waals surface area (Å²) in [5.74, 6) is 0.851. The van der Waals surface area contributed by atoms with E-state index in [0.717, 1.165) is 23.4 Å². The largest absolute Gasteiger partial charge is 0.444 e. The Morgan fingerprint density at radius 1 is 1.21 bits per heavy atom. The summed E-state index contributed by atoms with van der Waals surface area (Å²) in [5, 5.41) is 0. The fraction of sp³-hybridized carbons (Fsp3) is 0.500. The summed E-state index contributed by atoms with van der Waals surface area (Å²) in [4.78, 5) is 25.4. The Bertz CT molecular complexity index is 741. The van der Waals surface area contributed by atoms with Crippen LogP contribution in [-0.2, 0) is 4.74 Å². The Labute approximate surface area is 142 Å². The van der Waals surface area contributed by atoms with Crippen molar-refractivity contribution in [3.8, 4) is 0 Å². The molecule has 6 nitrogen and oxygen atoms in total. The maximum atomic E-state index is 12.3. The van der Waals surface area contributed by atoms with E-state index in [1.54, 1.807) is 11.1 Å². The highest BCUT2D eigenvalue weighted by Crippen LogP contribution is 2.21. The van der Waals surface area contributed by atoms with E-state index in [1.807, 2.05) is 52.0 Å². The maximum Gasteiger partial charge on any atom is 0.410 e. The van der Waals surface area contributed by atoms with Gasteiger partial charge in [0.2, 0.25) is 0 Å². The molecule has 0 unspecified atom stereocenters. The van der Waals surface area contributed by atoms with Gasteiger partial charge < -0.3 is 14.5 Å². The first-order valence-electron chi connectivity index (χ1n) is 8.30. The number of anilines is 1. The number of benzene rings is 1. The van der Waals surface area contributed by atoms with Crippen LogP contribution in [0, 0.1) is 0 Å². The van der Waals surface area contributed by atoms with Crippen LogP contribution in [0.5, 0.6) is 0 Å². The molecular formula is C18H24N4O2. The van der Waals surface area contributed by atoms with Crippen LogP contribution in [0.15, 0.2) is 30.5 Å². The first kappa shape index (κ1) is 16.5. The highest BCUT2D eigenvalue weighted by Gasteiger charge is 2.31. The van der Waals surface area contributed by atoms with Crippen molar-refractivity contribution < 1.29 is 9.53 Å². The van der Waals surface area contributed by atoms with Gasteiger partial charge in [-0.05, 0) is 39.8 Å². The second-order valence-electron chi connectivity index (χ2n) is 7.19. The SMILES string of the molecule is C[C@@H]1CN(c2cnc3ccccc3n2)CCN1C(=O)OC(C)(C)C. The van der Waals surface area contributed by atoms with Crippen LogP contribution in [0.4, 0.5) is 10.6 Å². The topological polar surface area (TPSA) is 58.6 Å². The van der Waals surface area contributed by atoms with Crippen molar-refractivity contribution in [3.63, 3.8) is 0 Å². The summed E-state index contributed by atoms with van der Waals surface area (Å²) in [6.45, 7) is 9.74. The van der Waals surface area contributed by atoms with E-state index >= 15 is 0 Å². The predicted octanol–water partition coefficient (Wildman–Crippen LogP) is 3.08. The lowest BCUT2D eigenvalue weighted by Gasteiger charge is -2.40. The molecule has 1 atom stereocenters. The molecule has 0 N–H and O–H groups in total. The Hall–Kier alpha value is -2.37. The zero-order valence-electron chi connectivity index (χ0n) is 14.7. The van der Waals surface area contributed by atoms with Crippen molar-refractivity contribution in [2.24, 2.45) is 0 Å². The lowest BCUT2D eigenvalue weighted by molar-refractivity contribution is 0.0158. The molecule has 1 amide bonds. The number of carbonyl (C=O) groups excluding carboxylic acids is 1. The molecule has 0 saturated carbocycles. The van der Waals surface area contributed by atoms with E-state index in [1.165, 1.54) is 0 Å². The van der Waals surface area contributed by atoms with Gasteiger partial charge in [0.05, 0.1) is 17.2 Å². The number of rotatable bonds is 1. The lowest BCUT2D eigenvalue weighted by atomic mass is 10.2. The van der Waals surface area contributed by atoms with Crippen molar-refractivity contribution in [2.75, 3.05) is 24.5 Å². The van der Waals surface area contributed by atoms with Crippen LogP contribution in [-0.4, -0.2) is 52.2 Å². The monoisotopic (exact) mass is 328 g/mol. The van der Waals surface area contributed by atoms with Gasteiger partial charge in [0, 0.05) is 25.7 Å². The number of aromatic nitrogens is 2. The second-order valence-corrected chi connectivity index (χ2v) is 7.19. The molecule has 1 aromatic carbocycles. The molecule has 1 aromatic heterocycles. The molecule has 3 rings (SSSR count). The van der Waals surface area contributed by atoms with Gasteiger partial charge in [0.25, 0.3) is 0 Å². The normalized spacial score (nSPS) is 18.8. The number of hydrogen-bond acceptors (Lipinski definition) is 5. The molecule has 0 spiro atoms. The predicted molar refractivity (Wildman–Crippen MR) is 94.2 cm³/mol. The Morgan fingerprint density at radius 2 is 1.92 bits per heavy atom. The highest BCUT2D eigenvalue weighted by molar-refractivity contribution is 5.75. The molecule has 1 fully saturated rings. The molecule has 24 heavy (non-hydrogen) atoms. The number of para-hydroxylation sites is 2. The third-order valence-corrected chi connectivity index (χ3v) is 4.02. The van der Waals surface area contributed by atoms with E-state index in [0.29, 0.717) is 13.1 Å². The summed E-state index contributed by atoms with van der Waals surface area (Å²) in [7, 11) is 0. The third-order valence-electron chi connectivity index (χ3n) is 4.02. The summed E-state index contributed by atoms with van der Waals surface area (Å²) in [5.41, 5.74) is 1.30. The average Bonchev–Trinajstić information content (AvgIpc) is 2.52. The van der Waals surface area contributed by atoms with E-state index in [-0.39, 0.29) is 12.1 Å². The first-order valence-corrected chi connectivity index (χ1v) is 8.30. The number of amides is 1. The summed E-state index contributed by atoms with van der Waals surface area (Å²) in [6.07, 6.45) is 1.55. The van der Waals surface area contributed by atoms with Crippen LogP contribution in [0.1, 0.15) is 27.7 Å². The summed E-state index contributed by atoms with van der Waals surface area (Å²) >= 11 is 0. The molecule has 1 saturated heterocycles. The van der Waals surface area contributed by atoms with Gasteiger partial charge in [0.1, 0.15) is 11.4 Å². The van der Waals surface area contributed by atoms with Gasteiger partial charge in [-0.25, -0.2) is 9.78 Å². The molecule has 0 radical (unpaired) electrons. The molecule has 6 heteroatoms. The smallest absolute Gasteiger partial charge is 0.410 e. The van der Waals surface area contributed by atoms with Gasteiger partial charge in [-0.15, -0.1) is 0 Å². The first-order chi connectivity index (χ1) is 11.3. The number of carbonyl (C=O) groups is 1. The standard InChI is InChI=1S/C18H24N4O2/c1-13-12-21(9-10-22(13)17(23)24-18(2,3)4)16-11-19-14-7-5-6-8-15(14)20-16/h5-8,11,13H,9-10,12H2,1-4H3/t13-/m1/s1. The molecule has 0 aliphatic carbocycles. The fourth-order valence-corrected chi connectivity index (χ4v) is 2.86. The minimum atomic E-state index is -0.474. The number of fused-ring (bicyclic) bond motifs is 1. The Balaban J connectivity index is 1.71. The summed E-state index contributed by atoms with van der Waals surface area (Å²) < 4.78 is 5.49. The molecule has 2 aromatic rings. The molecule has 1 aliphatic heterocycles. The van der Waals surface area contributed by atoms with Crippen molar-refractivity contribution in [3.05, 3.63) is 30.5 Å². The van der Waals surface area contributed by atoms with Crippen molar-refractivity contribution in [1.82, 2.24) is 14.9 Å². The quantitative estimate of drug-likeness (QED) is 0.805. The van der Waals surface area contributed by atoms with E-state index in [4.69, 9.17) is 9.72 Å². The second kappa shape index (κ2) is 6.26. The van der Waals surface area contributed by atoms with E-state index in [2.05, 4.69) is 9.88 Å². The van der Waals surface area contributed by atoms with Crippen molar-refractivity contribution >= 4 is 22.9 Å². The van der Waals surface area contributed by atoms with Gasteiger partial charge in [-0.1, -0.05) is 12.1 Å². The number of ether oxygens (including phenoxy) is 1. The van der Waals surface area contributed by atoms with Crippen LogP contribution in [0.3, 0.4) is 0 Å². The minimum Gasteiger partial charge on any atom is -0.444 e. The molecular weight excluding hydrogens is 304 g/mol. The lowest BCUT2D eigenvalue weighted by Crippen LogP contribution is -2.55. The average molecular weight is 328 g/mol. The number of nitrogens with zero attached hydrogens (tertiary/aromatic N) is 4. The van der Waals surface area contributed by atoms with Gasteiger partial charge in [-0.2, -0.15) is 0 Å².